The standard InChI is InChI=1S/C7H10O3/c1-2-9-7(8)6-4-3-5-10-6/h4H,2-3,5H2,1H3. The summed E-state index contributed by atoms with van der Waals surface area (Å²) in [6, 6.07) is 0. The van der Waals surface area contributed by atoms with Gasteiger partial charge in [-0.15, -0.1) is 0 Å². The molecule has 0 radical (unpaired) electrons. The minimum absolute atomic E-state index is 0.347. The largest absolute Gasteiger partial charge is 0.486 e. The van der Waals surface area contributed by atoms with E-state index in [1.807, 2.05) is 0 Å². The molecular formula is C7H10O3. The van der Waals surface area contributed by atoms with E-state index in [9.17, 15) is 4.79 Å². The third kappa shape index (κ3) is 1.50. The van der Waals surface area contributed by atoms with Crippen LogP contribution in [0.25, 0.3) is 0 Å². The summed E-state index contributed by atoms with van der Waals surface area (Å²) in [5.74, 6) is 0.0156. The number of esters is 1. The van der Waals surface area contributed by atoms with Crippen LogP contribution in [-0.4, -0.2) is 19.2 Å². The van der Waals surface area contributed by atoms with Crippen LogP contribution in [0.3, 0.4) is 0 Å². The van der Waals surface area contributed by atoms with Crippen molar-refractivity contribution in [3.63, 3.8) is 0 Å². The van der Waals surface area contributed by atoms with Crippen molar-refractivity contribution in [2.24, 2.45) is 0 Å². The first kappa shape index (κ1) is 7.12. The molecule has 3 heteroatoms. The Morgan fingerprint density at radius 2 is 2.70 bits per heavy atom. The molecule has 56 valence electrons. The van der Waals surface area contributed by atoms with E-state index in [1.54, 1.807) is 13.0 Å². The van der Waals surface area contributed by atoms with Gasteiger partial charge in [0, 0.05) is 6.42 Å². The predicted molar refractivity (Wildman–Crippen MR) is 35.3 cm³/mol. The summed E-state index contributed by atoms with van der Waals surface area (Å²) in [6.07, 6.45) is 2.56. The highest BCUT2D eigenvalue weighted by molar-refractivity contribution is 5.86. The lowest BCUT2D eigenvalue weighted by molar-refractivity contribution is -0.142. The molecule has 0 aromatic rings. The molecule has 1 aliphatic heterocycles. The van der Waals surface area contributed by atoms with Gasteiger partial charge in [0.2, 0.25) is 5.76 Å². The van der Waals surface area contributed by atoms with Crippen molar-refractivity contribution in [3.8, 4) is 0 Å². The second kappa shape index (κ2) is 3.25. The second-order valence-corrected chi connectivity index (χ2v) is 1.93. The predicted octanol–water partition coefficient (Wildman–Crippen LogP) is 0.854. The van der Waals surface area contributed by atoms with Crippen molar-refractivity contribution >= 4 is 5.97 Å². The van der Waals surface area contributed by atoms with Crippen molar-refractivity contribution < 1.29 is 14.3 Å². The first-order valence-corrected chi connectivity index (χ1v) is 3.34. The van der Waals surface area contributed by atoms with E-state index in [4.69, 9.17) is 9.47 Å². The fourth-order valence-electron chi connectivity index (χ4n) is 0.762. The van der Waals surface area contributed by atoms with Gasteiger partial charge in [0.1, 0.15) is 0 Å². The van der Waals surface area contributed by atoms with Gasteiger partial charge in [-0.3, -0.25) is 0 Å². The molecule has 0 aliphatic carbocycles. The molecule has 0 bridgehead atoms. The second-order valence-electron chi connectivity index (χ2n) is 1.93. The molecule has 0 fully saturated rings. The molecule has 0 saturated heterocycles. The van der Waals surface area contributed by atoms with E-state index in [-0.39, 0.29) is 5.97 Å². The third-order valence-corrected chi connectivity index (χ3v) is 1.18. The molecule has 0 amide bonds. The Hall–Kier alpha value is -0.990. The molecule has 10 heavy (non-hydrogen) atoms. The van der Waals surface area contributed by atoms with Crippen molar-refractivity contribution in [1.29, 1.82) is 0 Å². The third-order valence-electron chi connectivity index (χ3n) is 1.18. The number of hydrogen-bond acceptors (Lipinski definition) is 3. The Morgan fingerprint density at radius 1 is 1.90 bits per heavy atom. The highest BCUT2D eigenvalue weighted by Crippen LogP contribution is 2.09. The molecule has 0 saturated carbocycles. The molecule has 0 unspecified atom stereocenters. The topological polar surface area (TPSA) is 35.5 Å². The maximum absolute atomic E-state index is 10.8. The van der Waals surface area contributed by atoms with Crippen LogP contribution in [0.5, 0.6) is 0 Å². The van der Waals surface area contributed by atoms with Gasteiger partial charge in [0.15, 0.2) is 0 Å². The van der Waals surface area contributed by atoms with E-state index in [0.717, 1.165) is 6.42 Å². The lowest BCUT2D eigenvalue weighted by atomic mass is 10.4. The summed E-state index contributed by atoms with van der Waals surface area (Å²) in [4.78, 5) is 10.8. The van der Waals surface area contributed by atoms with Crippen LogP contribution in [0.4, 0.5) is 0 Å². The van der Waals surface area contributed by atoms with Crippen LogP contribution < -0.4 is 0 Å². The molecule has 1 rings (SSSR count). The molecule has 0 aromatic carbocycles. The zero-order valence-electron chi connectivity index (χ0n) is 5.92. The summed E-state index contributed by atoms with van der Waals surface area (Å²) in [7, 11) is 0. The Labute approximate surface area is 59.6 Å². The molecule has 3 nitrogen and oxygen atoms in total. The first-order chi connectivity index (χ1) is 4.84. The summed E-state index contributed by atoms with van der Waals surface area (Å²) in [5.41, 5.74) is 0. The zero-order valence-corrected chi connectivity index (χ0v) is 5.92. The highest BCUT2D eigenvalue weighted by atomic mass is 16.6. The maximum Gasteiger partial charge on any atom is 0.373 e. The molecular weight excluding hydrogens is 132 g/mol. The minimum atomic E-state index is -0.347. The van der Waals surface area contributed by atoms with Crippen molar-refractivity contribution in [3.05, 3.63) is 11.8 Å². The first-order valence-electron chi connectivity index (χ1n) is 3.34. The summed E-state index contributed by atoms with van der Waals surface area (Å²) >= 11 is 0. The summed E-state index contributed by atoms with van der Waals surface area (Å²) in [6.45, 7) is 2.78. The Kier molecular flexibility index (Phi) is 2.31. The van der Waals surface area contributed by atoms with E-state index in [1.165, 1.54) is 0 Å². The molecule has 1 aliphatic rings. The highest BCUT2D eigenvalue weighted by Gasteiger charge is 2.14. The number of ether oxygens (including phenoxy) is 2. The lowest BCUT2D eigenvalue weighted by Gasteiger charge is -2.01. The summed E-state index contributed by atoms with van der Waals surface area (Å²) in [5, 5.41) is 0. The van der Waals surface area contributed by atoms with Gasteiger partial charge < -0.3 is 9.47 Å². The van der Waals surface area contributed by atoms with Crippen LogP contribution >= 0.6 is 0 Å². The van der Waals surface area contributed by atoms with E-state index in [0.29, 0.717) is 19.0 Å². The van der Waals surface area contributed by atoms with E-state index < -0.39 is 0 Å². The summed E-state index contributed by atoms with van der Waals surface area (Å²) < 4.78 is 9.65. The van der Waals surface area contributed by atoms with Crippen LogP contribution in [0.2, 0.25) is 0 Å². The average Bonchev–Trinajstić information content (AvgIpc) is 2.38. The van der Waals surface area contributed by atoms with Crippen LogP contribution in [0, 0.1) is 0 Å². The quantitative estimate of drug-likeness (QED) is 0.536. The molecule has 0 aromatic heterocycles. The number of carbonyl (C=O) groups excluding carboxylic acids is 1. The van der Waals surface area contributed by atoms with E-state index in [2.05, 4.69) is 0 Å². The molecule has 0 atom stereocenters. The maximum atomic E-state index is 10.8. The van der Waals surface area contributed by atoms with Crippen LogP contribution in [0.1, 0.15) is 13.3 Å². The van der Waals surface area contributed by atoms with Crippen molar-refractivity contribution in [2.45, 2.75) is 13.3 Å². The van der Waals surface area contributed by atoms with E-state index >= 15 is 0 Å². The molecule has 0 N–H and O–H groups in total. The molecule has 1 heterocycles. The van der Waals surface area contributed by atoms with Crippen molar-refractivity contribution in [1.82, 2.24) is 0 Å². The van der Waals surface area contributed by atoms with Gasteiger partial charge >= 0.3 is 5.97 Å². The SMILES string of the molecule is CCOC(=O)C1=CCCO1. The number of carbonyl (C=O) groups is 1. The van der Waals surface area contributed by atoms with Crippen LogP contribution in [0.15, 0.2) is 11.8 Å². The Morgan fingerprint density at radius 3 is 3.20 bits per heavy atom. The number of hydrogen-bond donors (Lipinski definition) is 0. The van der Waals surface area contributed by atoms with Gasteiger partial charge in [0.25, 0.3) is 0 Å². The normalized spacial score (nSPS) is 15.9. The molecule has 0 spiro atoms. The zero-order chi connectivity index (χ0) is 7.40. The van der Waals surface area contributed by atoms with Gasteiger partial charge in [-0.25, -0.2) is 4.79 Å². The van der Waals surface area contributed by atoms with Gasteiger partial charge in [0.05, 0.1) is 13.2 Å². The Bertz CT molecular complexity index is 160. The van der Waals surface area contributed by atoms with Crippen LogP contribution in [-0.2, 0) is 14.3 Å². The Balaban J connectivity index is 2.40. The van der Waals surface area contributed by atoms with Crippen molar-refractivity contribution in [2.75, 3.05) is 13.2 Å². The van der Waals surface area contributed by atoms with Gasteiger partial charge in [-0.05, 0) is 13.0 Å². The number of rotatable bonds is 2. The monoisotopic (exact) mass is 142 g/mol. The minimum Gasteiger partial charge on any atom is -0.486 e. The fourth-order valence-corrected chi connectivity index (χ4v) is 0.762. The fraction of sp³-hybridized carbons (Fsp3) is 0.571. The van der Waals surface area contributed by atoms with Gasteiger partial charge in [-0.2, -0.15) is 0 Å². The van der Waals surface area contributed by atoms with Gasteiger partial charge in [-0.1, -0.05) is 0 Å². The smallest absolute Gasteiger partial charge is 0.373 e. The lowest BCUT2D eigenvalue weighted by Crippen LogP contribution is -2.07. The average molecular weight is 142 g/mol.